The zero-order valence-electron chi connectivity index (χ0n) is 31.2. The summed E-state index contributed by atoms with van der Waals surface area (Å²) in [6.07, 6.45) is -4.03. The van der Waals surface area contributed by atoms with Crippen LogP contribution in [-0.4, -0.2) is 33.5 Å². The molecule has 2 aliphatic carbocycles. The number of benzene rings is 4. The Bertz CT molecular complexity index is 2680. The van der Waals surface area contributed by atoms with Crippen molar-refractivity contribution in [3.8, 4) is 23.0 Å². The summed E-state index contributed by atoms with van der Waals surface area (Å²) in [5, 5.41) is 11.8. The number of aromatic nitrogens is 4. The molecule has 6 aromatic rings. The molecule has 4 aromatic carbocycles. The van der Waals surface area contributed by atoms with E-state index in [1.54, 1.807) is 30.3 Å². The second-order valence-electron chi connectivity index (χ2n) is 14.6. The molecule has 1 atom stereocenters. The molecule has 0 bridgehead atoms. The van der Waals surface area contributed by atoms with Gasteiger partial charge in [0.2, 0.25) is 25.5 Å². The zero-order valence-corrected chi connectivity index (χ0v) is 31.2. The molecule has 2 aliphatic heterocycles. The van der Waals surface area contributed by atoms with Crippen molar-refractivity contribution in [2.24, 2.45) is 0 Å². The van der Waals surface area contributed by atoms with Gasteiger partial charge in [-0.25, -0.2) is 9.97 Å². The predicted octanol–water partition coefficient (Wildman–Crippen LogP) is 10.3. The van der Waals surface area contributed by atoms with Crippen LogP contribution < -0.4 is 40.2 Å². The predicted molar refractivity (Wildman–Crippen MR) is 207 cm³/mol. The summed E-state index contributed by atoms with van der Waals surface area (Å²) in [5.74, 6) is 0.818. The molecular formula is C42H32F6N8O4. The molecule has 60 heavy (non-hydrogen) atoms. The van der Waals surface area contributed by atoms with E-state index < -0.39 is 35.1 Å². The van der Waals surface area contributed by atoms with Gasteiger partial charge in [0, 0.05) is 53.2 Å². The van der Waals surface area contributed by atoms with Gasteiger partial charge in [-0.15, -0.1) is 0 Å². The first kappa shape index (κ1) is 37.3. The number of halogens is 6. The Morgan fingerprint density at radius 3 is 1.67 bits per heavy atom. The third-order valence-corrected chi connectivity index (χ3v) is 10.8. The first-order chi connectivity index (χ1) is 28.9. The third kappa shape index (κ3) is 7.21. The monoisotopic (exact) mass is 826 g/mol. The molecule has 0 radical (unpaired) electrons. The summed E-state index contributed by atoms with van der Waals surface area (Å²) in [6, 6.07) is 19.2. The highest BCUT2D eigenvalue weighted by Gasteiger charge is 2.37. The zero-order chi connectivity index (χ0) is 41.2. The molecule has 306 valence electrons. The summed E-state index contributed by atoms with van der Waals surface area (Å²) in [6.45, 7) is 0.0775. The quantitative estimate of drug-likeness (QED) is 0.103. The minimum Gasteiger partial charge on any atom is -0.454 e. The molecule has 4 heterocycles. The SMILES string of the molecule is FC(F)(F)c1cnc(Nc2ccc3c(c2)C(c2cc(Nc4nc(Nc5ccc6c(c5)OCO6)ncc4C(F)(F)F)cc4c2CCC4)CC3)nc1Nc1ccc2c(c1)OCO2. The van der Waals surface area contributed by atoms with Crippen molar-refractivity contribution in [3.05, 3.63) is 118 Å². The van der Waals surface area contributed by atoms with E-state index in [-0.39, 0.29) is 31.4 Å². The lowest BCUT2D eigenvalue weighted by atomic mass is 9.87. The van der Waals surface area contributed by atoms with Crippen LogP contribution in [0.25, 0.3) is 0 Å². The first-order valence-corrected chi connectivity index (χ1v) is 19.0. The van der Waals surface area contributed by atoms with Gasteiger partial charge < -0.3 is 40.2 Å². The Hall–Kier alpha value is -6.98. The number of nitrogens with zero attached hydrogens (tertiary/aromatic N) is 4. The molecule has 12 nitrogen and oxygen atoms in total. The van der Waals surface area contributed by atoms with Gasteiger partial charge in [-0.3, -0.25) is 0 Å². The van der Waals surface area contributed by atoms with Crippen molar-refractivity contribution < 1.29 is 45.3 Å². The van der Waals surface area contributed by atoms with Crippen molar-refractivity contribution >= 4 is 46.3 Å². The van der Waals surface area contributed by atoms with Crippen LogP contribution in [0.3, 0.4) is 0 Å². The first-order valence-electron chi connectivity index (χ1n) is 19.0. The molecule has 0 fully saturated rings. The van der Waals surface area contributed by atoms with Crippen LogP contribution >= 0.6 is 0 Å². The van der Waals surface area contributed by atoms with Gasteiger partial charge in [-0.05, 0) is 108 Å². The number of hydrogen-bond acceptors (Lipinski definition) is 12. The smallest absolute Gasteiger partial charge is 0.421 e. The van der Waals surface area contributed by atoms with E-state index in [2.05, 4.69) is 41.2 Å². The number of nitrogens with one attached hydrogen (secondary N) is 4. The maximum atomic E-state index is 14.4. The van der Waals surface area contributed by atoms with Crippen molar-refractivity contribution in [2.75, 3.05) is 34.9 Å². The molecule has 1 unspecified atom stereocenters. The largest absolute Gasteiger partial charge is 0.454 e. The molecule has 0 amide bonds. The molecule has 4 N–H and O–H groups in total. The standard InChI is InChI=1S/C42H32F6N8O4/c43-41(44,45)31-17-49-39(55-37(31)51-24-7-10-33-35(15-24)59-19-57-33)53-23-6-4-21-5-9-28(29(21)13-23)30-14-26(12-22-2-1-3-27(22)30)52-38-32(42(46,47)48)18-50-40(56-38)54-25-8-11-34-36(16-25)60-20-58-34/h4,6-8,10-18,28H,1-3,5,9,19-20H2,(H2,49,51,53,55)(H2,50,52,54,56). The van der Waals surface area contributed by atoms with Crippen LogP contribution in [0.2, 0.25) is 0 Å². The lowest BCUT2D eigenvalue weighted by Gasteiger charge is -2.21. The van der Waals surface area contributed by atoms with E-state index in [1.807, 2.05) is 30.3 Å². The normalized spacial score (nSPS) is 16.1. The maximum absolute atomic E-state index is 14.4. The Kier molecular flexibility index (Phi) is 8.94. The van der Waals surface area contributed by atoms with E-state index in [4.69, 9.17) is 18.9 Å². The van der Waals surface area contributed by atoms with Crippen molar-refractivity contribution in [1.29, 1.82) is 0 Å². The fraction of sp³-hybridized carbons (Fsp3) is 0.238. The van der Waals surface area contributed by atoms with E-state index in [1.165, 1.54) is 6.07 Å². The Morgan fingerprint density at radius 1 is 0.517 bits per heavy atom. The second-order valence-corrected chi connectivity index (χ2v) is 14.6. The molecule has 0 spiro atoms. The number of rotatable bonds is 9. The molecule has 18 heteroatoms. The molecular weight excluding hydrogens is 795 g/mol. The van der Waals surface area contributed by atoms with Crippen molar-refractivity contribution in [2.45, 2.75) is 50.4 Å². The van der Waals surface area contributed by atoms with Gasteiger partial charge in [-0.1, -0.05) is 6.07 Å². The highest BCUT2D eigenvalue weighted by atomic mass is 19.4. The molecule has 2 aromatic heterocycles. The van der Waals surface area contributed by atoms with Crippen molar-refractivity contribution in [1.82, 2.24) is 19.9 Å². The number of hydrogen-bond donors (Lipinski definition) is 4. The number of fused-ring (bicyclic) bond motifs is 4. The van der Waals surface area contributed by atoms with Gasteiger partial charge in [-0.2, -0.15) is 36.3 Å². The van der Waals surface area contributed by atoms with Crippen LogP contribution in [0.5, 0.6) is 23.0 Å². The topological polar surface area (TPSA) is 137 Å². The molecule has 10 rings (SSSR count). The van der Waals surface area contributed by atoms with Gasteiger partial charge >= 0.3 is 12.4 Å². The minimum atomic E-state index is -4.74. The number of anilines is 8. The lowest BCUT2D eigenvalue weighted by molar-refractivity contribution is -0.138. The van der Waals surface area contributed by atoms with Gasteiger partial charge in [0.25, 0.3) is 0 Å². The van der Waals surface area contributed by atoms with Gasteiger partial charge in [0.05, 0.1) is 0 Å². The molecule has 0 saturated carbocycles. The average Bonchev–Trinajstić information content (AvgIpc) is 4.04. The fourth-order valence-electron chi connectivity index (χ4n) is 8.10. The Labute approximate surface area is 337 Å². The second kappa shape index (κ2) is 14.4. The van der Waals surface area contributed by atoms with Gasteiger partial charge in [0.1, 0.15) is 22.8 Å². The summed E-state index contributed by atoms with van der Waals surface area (Å²) in [4.78, 5) is 16.4. The minimum absolute atomic E-state index is 0.00994. The highest BCUT2D eigenvalue weighted by Crippen LogP contribution is 2.46. The maximum Gasteiger partial charge on any atom is 0.421 e. The number of aryl methyl sites for hydroxylation is 2. The average molecular weight is 827 g/mol. The van der Waals surface area contributed by atoms with E-state index >= 15 is 0 Å². The van der Waals surface area contributed by atoms with Crippen LogP contribution in [0.4, 0.5) is 72.6 Å². The third-order valence-electron chi connectivity index (χ3n) is 10.8. The summed E-state index contributed by atoms with van der Waals surface area (Å²) < 4.78 is 107. The lowest BCUT2D eigenvalue weighted by Crippen LogP contribution is -2.13. The van der Waals surface area contributed by atoms with Gasteiger partial charge in [0.15, 0.2) is 23.0 Å². The van der Waals surface area contributed by atoms with E-state index in [9.17, 15) is 26.3 Å². The van der Waals surface area contributed by atoms with Crippen LogP contribution in [0.1, 0.15) is 57.7 Å². The van der Waals surface area contributed by atoms with E-state index in [0.29, 0.717) is 45.7 Å². The van der Waals surface area contributed by atoms with Crippen LogP contribution in [0, 0.1) is 0 Å². The molecule has 4 aliphatic rings. The Balaban J connectivity index is 0.939. The fourth-order valence-corrected chi connectivity index (χ4v) is 8.10. The van der Waals surface area contributed by atoms with Crippen molar-refractivity contribution in [3.63, 3.8) is 0 Å². The Morgan fingerprint density at radius 2 is 1.05 bits per heavy atom. The van der Waals surface area contributed by atoms with Crippen LogP contribution in [-0.2, 0) is 31.6 Å². The summed E-state index contributed by atoms with van der Waals surface area (Å²) >= 11 is 0. The summed E-state index contributed by atoms with van der Waals surface area (Å²) in [7, 11) is 0. The number of alkyl halides is 6. The van der Waals surface area contributed by atoms with Crippen LogP contribution in [0.15, 0.2) is 79.1 Å². The summed E-state index contributed by atoms with van der Waals surface area (Å²) in [5.41, 5.74) is 5.01. The van der Waals surface area contributed by atoms with E-state index in [0.717, 1.165) is 72.3 Å². The highest BCUT2D eigenvalue weighted by molar-refractivity contribution is 5.69. The molecule has 0 saturated heterocycles. The number of ether oxygens (including phenoxy) is 4.